The zero-order valence-corrected chi connectivity index (χ0v) is 9.28. The van der Waals surface area contributed by atoms with Gasteiger partial charge >= 0.3 is 0 Å². The van der Waals surface area contributed by atoms with Crippen molar-refractivity contribution in [3.8, 4) is 0 Å². The first-order valence-corrected chi connectivity index (χ1v) is 4.84. The van der Waals surface area contributed by atoms with E-state index in [2.05, 4.69) is 23.1 Å². The SMILES string of the molecule is C=C/C(Cl)=C(\C=C)C=Nc1cncc(F)c1. The second-order valence-electron chi connectivity index (χ2n) is 2.83. The van der Waals surface area contributed by atoms with Crippen LogP contribution in [0.2, 0.25) is 0 Å². The molecule has 0 N–H and O–H groups in total. The number of nitrogens with zero attached hydrogens (tertiary/aromatic N) is 2. The summed E-state index contributed by atoms with van der Waals surface area (Å²) in [4.78, 5) is 7.69. The number of rotatable bonds is 4. The third kappa shape index (κ3) is 3.44. The maximum Gasteiger partial charge on any atom is 0.143 e. The third-order valence-corrected chi connectivity index (χ3v) is 2.09. The molecule has 16 heavy (non-hydrogen) atoms. The molecule has 1 heterocycles. The fraction of sp³-hybridized carbons (Fsp3) is 0. The van der Waals surface area contributed by atoms with Crippen molar-refractivity contribution < 1.29 is 4.39 Å². The Morgan fingerprint density at radius 3 is 2.69 bits per heavy atom. The van der Waals surface area contributed by atoms with Gasteiger partial charge in [-0.05, 0) is 0 Å². The first-order valence-electron chi connectivity index (χ1n) is 4.46. The van der Waals surface area contributed by atoms with Gasteiger partial charge in [0.25, 0.3) is 0 Å². The van der Waals surface area contributed by atoms with Gasteiger partial charge < -0.3 is 0 Å². The Hall–Kier alpha value is -1.74. The molecule has 0 aliphatic heterocycles. The normalized spacial score (nSPS) is 12.4. The third-order valence-electron chi connectivity index (χ3n) is 1.72. The van der Waals surface area contributed by atoms with Gasteiger partial charge in [0.2, 0.25) is 0 Å². The van der Waals surface area contributed by atoms with E-state index in [1.807, 2.05) is 0 Å². The van der Waals surface area contributed by atoms with Crippen molar-refractivity contribution in [2.75, 3.05) is 0 Å². The standard InChI is InChI=1S/C12H10ClFN2/c1-3-9(12(13)4-2)6-16-11-5-10(14)7-15-8-11/h3-8H,1-2H2/b12-9-,16-6?. The summed E-state index contributed by atoms with van der Waals surface area (Å²) in [6.45, 7) is 7.12. The number of pyridine rings is 1. The minimum absolute atomic E-state index is 0.410. The Kier molecular flexibility index (Phi) is 4.61. The highest BCUT2D eigenvalue weighted by Crippen LogP contribution is 2.14. The number of allylic oxidation sites excluding steroid dienone is 4. The van der Waals surface area contributed by atoms with Crippen LogP contribution in [0.5, 0.6) is 0 Å². The quantitative estimate of drug-likeness (QED) is 0.577. The lowest BCUT2D eigenvalue weighted by Gasteiger charge is -1.96. The minimum atomic E-state index is -0.436. The van der Waals surface area contributed by atoms with Crippen LogP contribution in [-0.4, -0.2) is 11.2 Å². The number of hydrogen-bond acceptors (Lipinski definition) is 2. The topological polar surface area (TPSA) is 25.2 Å². The summed E-state index contributed by atoms with van der Waals surface area (Å²) in [5.41, 5.74) is 1.02. The minimum Gasteiger partial charge on any atom is -0.259 e. The van der Waals surface area contributed by atoms with E-state index >= 15 is 0 Å². The lowest BCUT2D eigenvalue weighted by Crippen LogP contribution is -1.83. The van der Waals surface area contributed by atoms with E-state index in [0.29, 0.717) is 16.3 Å². The van der Waals surface area contributed by atoms with Crippen molar-refractivity contribution in [3.63, 3.8) is 0 Å². The average molecular weight is 237 g/mol. The van der Waals surface area contributed by atoms with E-state index in [-0.39, 0.29) is 0 Å². The molecule has 0 amide bonds. The highest BCUT2D eigenvalue weighted by molar-refractivity contribution is 6.33. The van der Waals surface area contributed by atoms with Gasteiger partial charge in [0.05, 0.1) is 18.1 Å². The van der Waals surface area contributed by atoms with E-state index in [1.165, 1.54) is 24.6 Å². The molecule has 4 heteroatoms. The van der Waals surface area contributed by atoms with Crippen LogP contribution in [0, 0.1) is 5.82 Å². The molecule has 0 spiro atoms. The van der Waals surface area contributed by atoms with Crippen LogP contribution in [0.15, 0.2) is 59.4 Å². The Bertz CT molecular complexity index is 464. The molecule has 0 saturated carbocycles. The summed E-state index contributed by atoms with van der Waals surface area (Å²) in [6.07, 6.45) is 7.06. The molecular formula is C12H10ClFN2. The molecule has 1 rings (SSSR count). The molecule has 0 radical (unpaired) electrons. The molecule has 82 valence electrons. The van der Waals surface area contributed by atoms with Gasteiger partial charge in [-0.15, -0.1) is 0 Å². The number of aliphatic imine (C=N–C) groups is 1. The van der Waals surface area contributed by atoms with E-state index in [1.54, 1.807) is 6.08 Å². The molecule has 2 nitrogen and oxygen atoms in total. The maximum atomic E-state index is 12.8. The number of halogens is 2. The van der Waals surface area contributed by atoms with Crippen LogP contribution in [0.4, 0.5) is 10.1 Å². The zero-order chi connectivity index (χ0) is 12.0. The highest BCUT2D eigenvalue weighted by atomic mass is 35.5. The van der Waals surface area contributed by atoms with Crippen molar-refractivity contribution in [2.24, 2.45) is 4.99 Å². The monoisotopic (exact) mass is 236 g/mol. The van der Waals surface area contributed by atoms with Gasteiger partial charge in [-0.3, -0.25) is 9.98 Å². The van der Waals surface area contributed by atoms with E-state index in [9.17, 15) is 4.39 Å². The Labute approximate surface area is 98.5 Å². The first kappa shape index (κ1) is 12.3. The molecule has 0 aromatic carbocycles. The molecule has 0 fully saturated rings. The predicted octanol–water partition coefficient (Wildman–Crippen LogP) is 3.79. The van der Waals surface area contributed by atoms with Gasteiger partial charge in [-0.2, -0.15) is 0 Å². The molecular weight excluding hydrogens is 227 g/mol. The van der Waals surface area contributed by atoms with E-state index in [0.717, 1.165) is 6.20 Å². The second-order valence-corrected chi connectivity index (χ2v) is 3.24. The molecule has 0 aliphatic rings. The summed E-state index contributed by atoms with van der Waals surface area (Å²) in [5, 5.41) is 0.433. The van der Waals surface area contributed by atoms with E-state index in [4.69, 9.17) is 11.6 Å². The summed E-state index contributed by atoms with van der Waals surface area (Å²) >= 11 is 5.84. The average Bonchev–Trinajstić information content (AvgIpc) is 2.29. The second kappa shape index (κ2) is 5.98. The zero-order valence-electron chi connectivity index (χ0n) is 8.53. The summed E-state index contributed by atoms with van der Waals surface area (Å²) in [5.74, 6) is -0.436. The fourth-order valence-electron chi connectivity index (χ4n) is 0.945. The molecule has 0 bridgehead atoms. The Balaban J connectivity index is 2.96. The largest absolute Gasteiger partial charge is 0.259 e. The van der Waals surface area contributed by atoms with Crippen LogP contribution in [-0.2, 0) is 0 Å². The lowest BCUT2D eigenvalue weighted by atomic mass is 10.2. The number of aromatic nitrogens is 1. The Morgan fingerprint density at radius 1 is 1.38 bits per heavy atom. The first-order chi connectivity index (χ1) is 7.67. The van der Waals surface area contributed by atoms with Gasteiger partial charge in [-0.25, -0.2) is 4.39 Å². The van der Waals surface area contributed by atoms with Crippen LogP contribution in [0.3, 0.4) is 0 Å². The Morgan fingerprint density at radius 2 is 2.12 bits per heavy atom. The summed E-state index contributed by atoms with van der Waals surface area (Å²) in [6, 6.07) is 1.27. The predicted molar refractivity (Wildman–Crippen MR) is 65.6 cm³/mol. The van der Waals surface area contributed by atoms with Crippen molar-refractivity contribution >= 4 is 23.5 Å². The van der Waals surface area contributed by atoms with Crippen LogP contribution >= 0.6 is 11.6 Å². The summed E-state index contributed by atoms with van der Waals surface area (Å²) < 4.78 is 12.8. The van der Waals surface area contributed by atoms with Gasteiger partial charge in [0.15, 0.2) is 0 Å². The molecule has 0 aliphatic carbocycles. The van der Waals surface area contributed by atoms with Crippen molar-refractivity contribution in [3.05, 3.63) is 60.2 Å². The molecule has 0 atom stereocenters. The van der Waals surface area contributed by atoms with Crippen LogP contribution in [0.1, 0.15) is 0 Å². The van der Waals surface area contributed by atoms with Crippen LogP contribution in [0.25, 0.3) is 0 Å². The van der Waals surface area contributed by atoms with Crippen molar-refractivity contribution in [2.45, 2.75) is 0 Å². The molecule has 0 unspecified atom stereocenters. The summed E-state index contributed by atoms with van der Waals surface area (Å²) in [7, 11) is 0. The van der Waals surface area contributed by atoms with E-state index < -0.39 is 5.82 Å². The molecule has 0 saturated heterocycles. The molecule has 1 aromatic heterocycles. The maximum absolute atomic E-state index is 12.8. The van der Waals surface area contributed by atoms with Crippen molar-refractivity contribution in [1.82, 2.24) is 4.98 Å². The number of hydrogen-bond donors (Lipinski definition) is 0. The van der Waals surface area contributed by atoms with Gasteiger partial charge in [-0.1, -0.05) is 36.9 Å². The van der Waals surface area contributed by atoms with Crippen LogP contribution < -0.4 is 0 Å². The molecule has 1 aromatic rings. The smallest absolute Gasteiger partial charge is 0.143 e. The van der Waals surface area contributed by atoms with Gasteiger partial charge in [0.1, 0.15) is 5.82 Å². The van der Waals surface area contributed by atoms with Crippen molar-refractivity contribution in [1.29, 1.82) is 0 Å². The lowest BCUT2D eigenvalue weighted by molar-refractivity contribution is 0.622. The highest BCUT2D eigenvalue weighted by Gasteiger charge is 1.95. The fourth-order valence-corrected chi connectivity index (χ4v) is 1.07. The van der Waals surface area contributed by atoms with Gasteiger partial charge in [0, 0.05) is 22.9 Å².